The van der Waals surface area contributed by atoms with Crippen LogP contribution >= 0.6 is 15.9 Å². The fraction of sp³-hybridized carbons (Fsp3) is 0.100. The van der Waals surface area contributed by atoms with Crippen LogP contribution in [0.1, 0.15) is 21.5 Å². The summed E-state index contributed by atoms with van der Waals surface area (Å²) in [7, 11) is 0. The second kappa shape index (κ2) is 7.94. The summed E-state index contributed by atoms with van der Waals surface area (Å²) < 4.78 is 6.61. The summed E-state index contributed by atoms with van der Waals surface area (Å²) in [4.78, 5) is 16.7. The van der Waals surface area contributed by atoms with Gasteiger partial charge in [-0.15, -0.1) is 0 Å². The number of rotatable bonds is 5. The standard InChI is InChI=1S/C20H17BrN2O2/c1-14-7-2-3-8-15(14)13-25-18-11-6-12-22-19(18)23-20(24)16-9-4-5-10-17(16)21/h2-12H,13H2,1H3,(H,22,23,24). The Kier molecular flexibility index (Phi) is 5.46. The van der Waals surface area contributed by atoms with Gasteiger partial charge in [0.1, 0.15) is 6.61 Å². The van der Waals surface area contributed by atoms with E-state index < -0.39 is 0 Å². The summed E-state index contributed by atoms with van der Waals surface area (Å²) >= 11 is 3.39. The number of ether oxygens (including phenoxy) is 1. The lowest BCUT2D eigenvalue weighted by atomic mass is 10.1. The Morgan fingerprint density at radius 1 is 1.08 bits per heavy atom. The SMILES string of the molecule is Cc1ccccc1COc1cccnc1NC(=O)c1ccccc1Br. The van der Waals surface area contributed by atoms with Crippen molar-refractivity contribution in [3.8, 4) is 5.75 Å². The van der Waals surface area contributed by atoms with E-state index in [1.807, 2.05) is 49.4 Å². The predicted octanol–water partition coefficient (Wildman–Crippen LogP) is 4.98. The smallest absolute Gasteiger partial charge is 0.258 e. The van der Waals surface area contributed by atoms with E-state index in [-0.39, 0.29) is 5.91 Å². The third-order valence-corrected chi connectivity index (χ3v) is 4.46. The van der Waals surface area contributed by atoms with Gasteiger partial charge in [-0.25, -0.2) is 4.98 Å². The molecule has 0 aliphatic rings. The second-order valence-electron chi connectivity index (χ2n) is 5.50. The first kappa shape index (κ1) is 17.2. The van der Waals surface area contributed by atoms with E-state index in [0.29, 0.717) is 23.7 Å². The number of anilines is 1. The molecular formula is C20H17BrN2O2. The number of aryl methyl sites for hydroxylation is 1. The van der Waals surface area contributed by atoms with Gasteiger partial charge in [0, 0.05) is 10.7 Å². The number of halogens is 1. The summed E-state index contributed by atoms with van der Waals surface area (Å²) in [5.41, 5.74) is 2.79. The third-order valence-electron chi connectivity index (χ3n) is 3.77. The van der Waals surface area contributed by atoms with Crippen molar-refractivity contribution in [2.24, 2.45) is 0 Å². The minimum absolute atomic E-state index is 0.244. The molecule has 2 aromatic carbocycles. The van der Waals surface area contributed by atoms with Crippen molar-refractivity contribution in [3.63, 3.8) is 0 Å². The monoisotopic (exact) mass is 396 g/mol. The molecular weight excluding hydrogens is 380 g/mol. The lowest BCUT2D eigenvalue weighted by molar-refractivity contribution is 0.102. The molecule has 1 amide bonds. The average Bonchev–Trinajstić information content (AvgIpc) is 2.62. The van der Waals surface area contributed by atoms with Gasteiger partial charge in [0.2, 0.25) is 0 Å². The van der Waals surface area contributed by atoms with Gasteiger partial charge in [0.25, 0.3) is 5.91 Å². The zero-order valence-corrected chi connectivity index (χ0v) is 15.3. The molecule has 126 valence electrons. The van der Waals surface area contributed by atoms with Crippen molar-refractivity contribution in [1.82, 2.24) is 4.98 Å². The molecule has 3 rings (SSSR count). The molecule has 1 heterocycles. The second-order valence-corrected chi connectivity index (χ2v) is 6.35. The average molecular weight is 397 g/mol. The maximum atomic E-state index is 12.5. The number of pyridine rings is 1. The number of nitrogens with one attached hydrogen (secondary N) is 1. The first-order valence-electron chi connectivity index (χ1n) is 7.83. The quantitative estimate of drug-likeness (QED) is 0.661. The molecule has 25 heavy (non-hydrogen) atoms. The molecule has 0 bridgehead atoms. The van der Waals surface area contributed by atoms with Gasteiger partial charge in [0.05, 0.1) is 5.56 Å². The van der Waals surface area contributed by atoms with Crippen molar-refractivity contribution in [2.45, 2.75) is 13.5 Å². The van der Waals surface area contributed by atoms with Gasteiger partial charge in [-0.3, -0.25) is 4.79 Å². The molecule has 0 saturated heterocycles. The number of carbonyl (C=O) groups excluding carboxylic acids is 1. The maximum Gasteiger partial charge on any atom is 0.258 e. The highest BCUT2D eigenvalue weighted by molar-refractivity contribution is 9.10. The number of aromatic nitrogens is 1. The zero-order chi connectivity index (χ0) is 17.6. The van der Waals surface area contributed by atoms with Crippen LogP contribution in [-0.2, 0) is 6.61 Å². The van der Waals surface area contributed by atoms with Crippen LogP contribution in [0.3, 0.4) is 0 Å². The first-order chi connectivity index (χ1) is 12.1. The van der Waals surface area contributed by atoms with Gasteiger partial charge >= 0.3 is 0 Å². The lowest BCUT2D eigenvalue weighted by Crippen LogP contribution is -2.14. The van der Waals surface area contributed by atoms with Crippen LogP contribution in [-0.4, -0.2) is 10.9 Å². The molecule has 0 fully saturated rings. The Bertz CT molecular complexity index is 896. The fourth-order valence-corrected chi connectivity index (χ4v) is 2.81. The first-order valence-corrected chi connectivity index (χ1v) is 8.62. The number of nitrogens with zero attached hydrogens (tertiary/aromatic N) is 1. The van der Waals surface area contributed by atoms with Gasteiger partial charge in [0.15, 0.2) is 11.6 Å². The Morgan fingerprint density at radius 3 is 2.64 bits per heavy atom. The van der Waals surface area contributed by atoms with Crippen molar-refractivity contribution in [1.29, 1.82) is 0 Å². The Balaban J connectivity index is 1.76. The van der Waals surface area contributed by atoms with Crippen molar-refractivity contribution in [3.05, 3.63) is 88.0 Å². The molecule has 1 aromatic heterocycles. The number of benzene rings is 2. The zero-order valence-electron chi connectivity index (χ0n) is 13.7. The van der Waals surface area contributed by atoms with E-state index in [1.54, 1.807) is 24.4 Å². The van der Waals surface area contributed by atoms with E-state index in [4.69, 9.17) is 4.74 Å². The van der Waals surface area contributed by atoms with Crippen LogP contribution in [0.25, 0.3) is 0 Å². The Hall–Kier alpha value is -2.66. The van der Waals surface area contributed by atoms with E-state index in [1.165, 1.54) is 0 Å². The van der Waals surface area contributed by atoms with Gasteiger partial charge in [-0.1, -0.05) is 36.4 Å². The maximum absolute atomic E-state index is 12.5. The van der Waals surface area contributed by atoms with Crippen molar-refractivity contribution >= 4 is 27.7 Å². The van der Waals surface area contributed by atoms with E-state index in [2.05, 4.69) is 26.2 Å². The summed E-state index contributed by atoms with van der Waals surface area (Å²) in [5.74, 6) is 0.690. The minimum Gasteiger partial charge on any atom is -0.485 e. The van der Waals surface area contributed by atoms with Gasteiger partial charge in [-0.2, -0.15) is 0 Å². The molecule has 1 N–H and O–H groups in total. The van der Waals surface area contributed by atoms with Crippen LogP contribution in [0.2, 0.25) is 0 Å². The summed E-state index contributed by atoms with van der Waals surface area (Å²) in [6.07, 6.45) is 1.62. The molecule has 0 atom stereocenters. The van der Waals surface area contributed by atoms with Gasteiger partial charge in [-0.05, 0) is 58.2 Å². The van der Waals surface area contributed by atoms with E-state index in [9.17, 15) is 4.79 Å². The molecule has 0 radical (unpaired) electrons. The summed E-state index contributed by atoms with van der Waals surface area (Å²) in [5, 5.41) is 2.81. The van der Waals surface area contributed by atoms with Gasteiger partial charge < -0.3 is 10.1 Å². The van der Waals surface area contributed by atoms with E-state index in [0.717, 1.165) is 15.6 Å². The highest BCUT2D eigenvalue weighted by Gasteiger charge is 2.13. The molecule has 5 heteroatoms. The van der Waals surface area contributed by atoms with E-state index >= 15 is 0 Å². The van der Waals surface area contributed by atoms with Crippen LogP contribution in [0.15, 0.2) is 71.3 Å². The topological polar surface area (TPSA) is 51.2 Å². The highest BCUT2D eigenvalue weighted by Crippen LogP contribution is 2.24. The van der Waals surface area contributed by atoms with Crippen LogP contribution in [0.5, 0.6) is 5.75 Å². The molecule has 0 aliphatic heterocycles. The normalized spacial score (nSPS) is 10.3. The molecule has 0 aliphatic carbocycles. The largest absolute Gasteiger partial charge is 0.485 e. The lowest BCUT2D eigenvalue weighted by Gasteiger charge is -2.13. The van der Waals surface area contributed by atoms with Crippen LogP contribution in [0.4, 0.5) is 5.82 Å². The minimum atomic E-state index is -0.244. The predicted molar refractivity (Wildman–Crippen MR) is 102 cm³/mol. The number of carbonyl (C=O) groups is 1. The number of hydrogen-bond acceptors (Lipinski definition) is 3. The highest BCUT2D eigenvalue weighted by atomic mass is 79.9. The molecule has 4 nitrogen and oxygen atoms in total. The Morgan fingerprint density at radius 2 is 1.84 bits per heavy atom. The van der Waals surface area contributed by atoms with Crippen molar-refractivity contribution in [2.75, 3.05) is 5.32 Å². The third kappa shape index (κ3) is 4.25. The van der Waals surface area contributed by atoms with Crippen LogP contribution < -0.4 is 10.1 Å². The Labute approximate surface area is 155 Å². The van der Waals surface area contributed by atoms with Crippen molar-refractivity contribution < 1.29 is 9.53 Å². The number of hydrogen-bond donors (Lipinski definition) is 1. The van der Waals surface area contributed by atoms with Crippen LogP contribution in [0, 0.1) is 6.92 Å². The fourth-order valence-electron chi connectivity index (χ4n) is 2.35. The molecule has 3 aromatic rings. The molecule has 0 saturated carbocycles. The molecule has 0 unspecified atom stereocenters. The summed E-state index contributed by atoms with van der Waals surface area (Å²) in [6, 6.07) is 18.8. The summed E-state index contributed by atoms with van der Waals surface area (Å²) in [6.45, 7) is 2.45. The molecule has 0 spiro atoms. The number of amides is 1.